The number of ether oxygens (including phenoxy) is 3. The highest BCUT2D eigenvalue weighted by Crippen LogP contribution is 2.23. The molecular weight excluding hydrogens is 258 g/mol. The number of aromatic nitrogens is 1. The summed E-state index contributed by atoms with van der Waals surface area (Å²) in [5.41, 5.74) is 0. The lowest BCUT2D eigenvalue weighted by Crippen LogP contribution is -2.22. The Morgan fingerprint density at radius 2 is 1.80 bits per heavy atom. The summed E-state index contributed by atoms with van der Waals surface area (Å²) in [4.78, 5) is 3.98. The molecule has 0 saturated carbocycles. The zero-order valence-corrected chi connectivity index (χ0v) is 11.2. The molecule has 5 nitrogen and oxygen atoms in total. The summed E-state index contributed by atoms with van der Waals surface area (Å²) in [5, 5.41) is 9.48. The minimum absolute atomic E-state index is 0.191. The Balaban J connectivity index is 1.87. The molecule has 0 fully saturated rings. The third-order valence-corrected chi connectivity index (χ3v) is 2.50. The van der Waals surface area contributed by atoms with Gasteiger partial charge in [-0.15, -0.1) is 0 Å². The lowest BCUT2D eigenvalue weighted by atomic mass is 10.3. The molecule has 2 rings (SSSR count). The Hall–Kier alpha value is -2.11. The van der Waals surface area contributed by atoms with Crippen molar-refractivity contribution in [3.05, 3.63) is 48.8 Å². The Kier molecular flexibility index (Phi) is 5.34. The second kappa shape index (κ2) is 7.47. The summed E-state index contributed by atoms with van der Waals surface area (Å²) in [6, 6.07) is 10.8. The van der Waals surface area contributed by atoms with Gasteiger partial charge in [-0.1, -0.05) is 0 Å². The molecule has 1 aromatic carbocycles. The van der Waals surface area contributed by atoms with Gasteiger partial charge in [0, 0.05) is 13.3 Å². The van der Waals surface area contributed by atoms with Crippen LogP contribution < -0.4 is 9.47 Å². The van der Waals surface area contributed by atoms with Gasteiger partial charge < -0.3 is 19.3 Å². The first-order valence-electron chi connectivity index (χ1n) is 6.25. The van der Waals surface area contributed by atoms with Crippen molar-refractivity contribution in [1.82, 2.24) is 4.98 Å². The molecule has 2 aromatic rings. The van der Waals surface area contributed by atoms with E-state index in [2.05, 4.69) is 4.98 Å². The molecule has 0 unspecified atom stereocenters. The van der Waals surface area contributed by atoms with Crippen LogP contribution in [0.25, 0.3) is 0 Å². The van der Waals surface area contributed by atoms with Crippen LogP contribution in [-0.4, -0.2) is 36.5 Å². The van der Waals surface area contributed by atoms with Gasteiger partial charge in [0.15, 0.2) is 0 Å². The minimum Gasteiger partial charge on any atom is -0.491 e. The van der Waals surface area contributed by atoms with E-state index in [1.807, 2.05) is 12.1 Å². The van der Waals surface area contributed by atoms with Crippen molar-refractivity contribution in [2.75, 3.05) is 20.3 Å². The number of aliphatic hydroxyl groups excluding tert-OH is 1. The molecule has 0 spiro atoms. The predicted octanol–water partition coefficient (Wildman–Crippen LogP) is 2.26. The molecule has 0 radical (unpaired) electrons. The maximum absolute atomic E-state index is 9.48. The molecule has 106 valence electrons. The van der Waals surface area contributed by atoms with Gasteiger partial charge in [-0.25, -0.2) is 0 Å². The monoisotopic (exact) mass is 275 g/mol. The number of hydrogen-bond acceptors (Lipinski definition) is 5. The molecular formula is C15H17NO4. The fourth-order valence-electron chi connectivity index (χ4n) is 1.58. The van der Waals surface area contributed by atoms with Crippen molar-refractivity contribution >= 4 is 0 Å². The van der Waals surface area contributed by atoms with E-state index in [0.29, 0.717) is 17.2 Å². The van der Waals surface area contributed by atoms with Gasteiger partial charge in [-0.05, 0) is 36.4 Å². The van der Waals surface area contributed by atoms with Crippen molar-refractivity contribution in [3.63, 3.8) is 0 Å². The Labute approximate surface area is 117 Å². The van der Waals surface area contributed by atoms with E-state index in [1.54, 1.807) is 36.7 Å². The number of benzene rings is 1. The third-order valence-electron chi connectivity index (χ3n) is 2.50. The topological polar surface area (TPSA) is 60.8 Å². The zero-order valence-electron chi connectivity index (χ0n) is 11.2. The molecule has 1 heterocycles. The number of hydrogen-bond donors (Lipinski definition) is 1. The summed E-state index contributed by atoms with van der Waals surface area (Å²) in [6.07, 6.45) is 2.70. The predicted molar refractivity (Wildman–Crippen MR) is 74.1 cm³/mol. The van der Waals surface area contributed by atoms with E-state index < -0.39 is 6.10 Å². The first-order valence-corrected chi connectivity index (χ1v) is 6.25. The highest BCUT2D eigenvalue weighted by Gasteiger charge is 2.04. The van der Waals surface area contributed by atoms with Crippen LogP contribution >= 0.6 is 0 Å². The smallest absolute Gasteiger partial charge is 0.145 e. The summed E-state index contributed by atoms with van der Waals surface area (Å²) in [5.74, 6) is 2.04. The standard InChI is InChI=1S/C15H17NO4/c1-18-10-12(17)11-19-13-4-6-14(7-5-13)20-15-3-2-8-16-9-15/h2-9,12,17H,10-11H2,1H3/t12-/m0/s1. The number of pyridine rings is 1. The maximum atomic E-state index is 9.48. The van der Waals surface area contributed by atoms with Crippen LogP contribution in [0.2, 0.25) is 0 Å². The largest absolute Gasteiger partial charge is 0.491 e. The fraction of sp³-hybridized carbons (Fsp3) is 0.267. The number of aliphatic hydroxyl groups is 1. The zero-order chi connectivity index (χ0) is 14.2. The number of nitrogens with zero attached hydrogens (tertiary/aromatic N) is 1. The number of rotatable bonds is 7. The fourth-order valence-corrected chi connectivity index (χ4v) is 1.58. The van der Waals surface area contributed by atoms with Crippen molar-refractivity contribution in [2.24, 2.45) is 0 Å². The van der Waals surface area contributed by atoms with Crippen LogP contribution in [0.15, 0.2) is 48.8 Å². The van der Waals surface area contributed by atoms with Gasteiger partial charge in [-0.2, -0.15) is 0 Å². The maximum Gasteiger partial charge on any atom is 0.145 e. The molecule has 1 aromatic heterocycles. The van der Waals surface area contributed by atoms with Crippen LogP contribution in [0.4, 0.5) is 0 Å². The summed E-state index contributed by atoms with van der Waals surface area (Å²) in [7, 11) is 1.54. The van der Waals surface area contributed by atoms with E-state index in [0.717, 1.165) is 0 Å². The van der Waals surface area contributed by atoms with Gasteiger partial charge in [0.25, 0.3) is 0 Å². The summed E-state index contributed by atoms with van der Waals surface area (Å²) >= 11 is 0. The second-order valence-corrected chi connectivity index (χ2v) is 4.18. The summed E-state index contributed by atoms with van der Waals surface area (Å²) < 4.78 is 15.9. The minimum atomic E-state index is -0.633. The first-order chi connectivity index (χ1) is 9.78. The van der Waals surface area contributed by atoms with Gasteiger partial charge in [0.05, 0.1) is 12.8 Å². The van der Waals surface area contributed by atoms with Crippen LogP contribution in [0.3, 0.4) is 0 Å². The molecule has 0 bridgehead atoms. The number of methoxy groups -OCH3 is 1. The second-order valence-electron chi connectivity index (χ2n) is 4.18. The molecule has 0 amide bonds. The third kappa shape index (κ3) is 4.53. The summed E-state index contributed by atoms with van der Waals surface area (Å²) in [6.45, 7) is 0.443. The van der Waals surface area contributed by atoms with Crippen LogP contribution in [0.1, 0.15) is 0 Å². The van der Waals surface area contributed by atoms with Crippen LogP contribution in [-0.2, 0) is 4.74 Å². The van der Waals surface area contributed by atoms with Crippen molar-refractivity contribution in [3.8, 4) is 17.2 Å². The van der Waals surface area contributed by atoms with Crippen molar-refractivity contribution in [1.29, 1.82) is 0 Å². The highest BCUT2D eigenvalue weighted by atomic mass is 16.5. The van der Waals surface area contributed by atoms with E-state index in [-0.39, 0.29) is 13.2 Å². The average Bonchev–Trinajstić information content (AvgIpc) is 2.48. The van der Waals surface area contributed by atoms with Crippen molar-refractivity contribution in [2.45, 2.75) is 6.10 Å². The molecule has 20 heavy (non-hydrogen) atoms. The van der Waals surface area contributed by atoms with E-state index >= 15 is 0 Å². The Morgan fingerprint density at radius 3 is 2.45 bits per heavy atom. The molecule has 1 N–H and O–H groups in total. The molecule has 1 atom stereocenters. The lowest BCUT2D eigenvalue weighted by Gasteiger charge is -2.11. The molecule has 5 heteroatoms. The normalized spacial score (nSPS) is 11.9. The van der Waals surface area contributed by atoms with Gasteiger partial charge >= 0.3 is 0 Å². The highest BCUT2D eigenvalue weighted by molar-refractivity contribution is 5.34. The molecule has 0 aliphatic carbocycles. The van der Waals surface area contributed by atoms with Gasteiger partial charge in [0.1, 0.15) is 30.0 Å². The molecule has 0 aliphatic heterocycles. The SMILES string of the molecule is COC[C@H](O)COc1ccc(Oc2cccnc2)cc1. The van der Waals surface area contributed by atoms with E-state index in [1.165, 1.54) is 7.11 Å². The lowest BCUT2D eigenvalue weighted by molar-refractivity contribution is 0.0325. The van der Waals surface area contributed by atoms with Crippen LogP contribution in [0.5, 0.6) is 17.2 Å². The van der Waals surface area contributed by atoms with Crippen LogP contribution in [0, 0.1) is 0 Å². The Morgan fingerprint density at radius 1 is 1.05 bits per heavy atom. The van der Waals surface area contributed by atoms with Gasteiger partial charge in [-0.3, -0.25) is 4.98 Å². The van der Waals surface area contributed by atoms with E-state index in [4.69, 9.17) is 14.2 Å². The quantitative estimate of drug-likeness (QED) is 0.840. The molecule has 0 aliphatic rings. The van der Waals surface area contributed by atoms with Crippen molar-refractivity contribution < 1.29 is 19.3 Å². The average molecular weight is 275 g/mol. The molecule has 0 saturated heterocycles. The first kappa shape index (κ1) is 14.3. The van der Waals surface area contributed by atoms with E-state index in [9.17, 15) is 5.11 Å². The van der Waals surface area contributed by atoms with Gasteiger partial charge in [0.2, 0.25) is 0 Å². The Bertz CT molecular complexity index is 501.